The summed E-state index contributed by atoms with van der Waals surface area (Å²) in [6.07, 6.45) is 2.21. The molecule has 0 aliphatic carbocycles. The molecule has 0 aromatic heterocycles. The maximum atomic E-state index is 13.3. The van der Waals surface area contributed by atoms with Gasteiger partial charge in [0.2, 0.25) is 10.0 Å². The van der Waals surface area contributed by atoms with Crippen molar-refractivity contribution in [2.75, 3.05) is 32.7 Å². The van der Waals surface area contributed by atoms with Crippen LogP contribution in [0.3, 0.4) is 0 Å². The first-order valence-corrected chi connectivity index (χ1v) is 13.6. The van der Waals surface area contributed by atoms with E-state index in [1.807, 2.05) is 20.8 Å². The van der Waals surface area contributed by atoms with Crippen LogP contribution in [-0.2, 0) is 19.6 Å². The van der Waals surface area contributed by atoms with Gasteiger partial charge in [0, 0.05) is 11.6 Å². The maximum absolute atomic E-state index is 13.3. The molecule has 2 aliphatic rings. The molecule has 2 aromatic rings. The molecule has 190 valence electrons. The molecule has 0 saturated carbocycles. The number of sulfonamides is 1. The third-order valence-corrected chi connectivity index (χ3v) is 8.31. The van der Waals surface area contributed by atoms with Crippen molar-refractivity contribution in [1.82, 2.24) is 14.8 Å². The summed E-state index contributed by atoms with van der Waals surface area (Å²) in [7, 11) is -3.88. The molecule has 2 heterocycles. The minimum atomic E-state index is -3.88. The van der Waals surface area contributed by atoms with Gasteiger partial charge in [-0.25, -0.2) is 13.4 Å². The van der Waals surface area contributed by atoms with Crippen molar-refractivity contribution in [3.05, 3.63) is 41.4 Å². The van der Waals surface area contributed by atoms with Crippen molar-refractivity contribution in [2.24, 2.45) is 0 Å². The fourth-order valence-corrected chi connectivity index (χ4v) is 6.02. The Kier molecular flexibility index (Phi) is 7.14. The number of nitrogens with zero attached hydrogens (tertiary/aromatic N) is 3. The number of carbonyl (C=O) groups excluding carboxylic acids is 2. The SMILES string of the molecule is CC(C)(C)OC(=O)[N+]1(NN2CCN(S(=O)(=O)c3ccc4cc(Cl)ccc4c3)CC2=O)CCCCC1. The van der Waals surface area contributed by atoms with Gasteiger partial charge in [0.15, 0.2) is 0 Å². The molecule has 0 bridgehead atoms. The summed E-state index contributed by atoms with van der Waals surface area (Å²) in [5, 5.41) is 3.52. The Labute approximate surface area is 211 Å². The molecule has 0 atom stereocenters. The maximum Gasteiger partial charge on any atom is 0.538 e. The molecular formula is C24H32ClN4O5S+. The lowest BCUT2D eigenvalue weighted by molar-refractivity contribution is -0.920. The average molecular weight is 524 g/mol. The van der Waals surface area contributed by atoms with Gasteiger partial charge < -0.3 is 4.74 Å². The number of likely N-dealkylation sites (tertiary alicyclic amines) is 1. The Morgan fingerprint density at radius 2 is 1.69 bits per heavy atom. The van der Waals surface area contributed by atoms with Gasteiger partial charge in [-0.15, -0.1) is 4.59 Å². The number of nitrogens with one attached hydrogen (secondary N) is 1. The molecule has 1 N–H and O–H groups in total. The molecule has 0 spiro atoms. The Bertz CT molecular complexity index is 1240. The summed E-state index contributed by atoms with van der Waals surface area (Å²) in [5.41, 5.74) is 2.43. The van der Waals surface area contributed by atoms with Crippen molar-refractivity contribution in [1.29, 1.82) is 0 Å². The number of hydrazine groups is 1. The number of quaternary nitrogens is 1. The zero-order valence-corrected chi connectivity index (χ0v) is 21.9. The fourth-order valence-electron chi connectivity index (χ4n) is 4.42. The predicted octanol–water partition coefficient (Wildman–Crippen LogP) is 3.68. The molecule has 11 heteroatoms. The molecule has 0 radical (unpaired) electrons. The van der Waals surface area contributed by atoms with E-state index < -0.39 is 27.6 Å². The highest BCUT2D eigenvalue weighted by Crippen LogP contribution is 2.26. The number of ether oxygens (including phenoxy) is 1. The highest BCUT2D eigenvalue weighted by Gasteiger charge is 2.46. The quantitative estimate of drug-likeness (QED) is 0.614. The summed E-state index contributed by atoms with van der Waals surface area (Å²) >= 11 is 6.03. The zero-order valence-electron chi connectivity index (χ0n) is 20.3. The summed E-state index contributed by atoms with van der Waals surface area (Å²) in [6.45, 7) is 6.33. The van der Waals surface area contributed by atoms with Crippen molar-refractivity contribution in [2.45, 2.75) is 50.5 Å². The van der Waals surface area contributed by atoms with E-state index in [9.17, 15) is 18.0 Å². The van der Waals surface area contributed by atoms with E-state index in [0.29, 0.717) is 18.1 Å². The summed E-state index contributed by atoms with van der Waals surface area (Å²) in [4.78, 5) is 26.2. The molecule has 4 rings (SSSR count). The van der Waals surface area contributed by atoms with Gasteiger partial charge >= 0.3 is 6.09 Å². The first-order valence-electron chi connectivity index (χ1n) is 11.8. The minimum Gasteiger partial charge on any atom is -0.413 e. The second-order valence-electron chi connectivity index (χ2n) is 10.1. The first kappa shape index (κ1) is 25.8. The number of piperidine rings is 1. The van der Waals surface area contributed by atoms with E-state index in [0.717, 1.165) is 30.0 Å². The number of halogens is 1. The molecule has 2 fully saturated rings. The van der Waals surface area contributed by atoms with Crippen LogP contribution in [0.15, 0.2) is 41.3 Å². The molecule has 2 saturated heterocycles. The van der Waals surface area contributed by atoms with Gasteiger partial charge in [0.25, 0.3) is 5.91 Å². The molecule has 2 aliphatic heterocycles. The molecule has 2 amide bonds. The number of fused-ring (bicyclic) bond motifs is 1. The van der Waals surface area contributed by atoms with Crippen LogP contribution in [0.1, 0.15) is 40.0 Å². The first-order chi connectivity index (χ1) is 16.4. The van der Waals surface area contributed by atoms with Gasteiger partial charge in [0.05, 0.1) is 18.0 Å². The van der Waals surface area contributed by atoms with Crippen LogP contribution < -0.4 is 5.53 Å². The van der Waals surface area contributed by atoms with Crippen LogP contribution in [0.4, 0.5) is 4.79 Å². The van der Waals surface area contributed by atoms with Gasteiger partial charge in [-0.2, -0.15) is 9.10 Å². The number of amides is 2. The van der Waals surface area contributed by atoms with E-state index in [1.54, 1.807) is 30.3 Å². The van der Waals surface area contributed by atoms with Crippen molar-refractivity contribution in [3.8, 4) is 0 Å². The molecule has 0 unspecified atom stereocenters. The lowest BCUT2D eigenvalue weighted by Crippen LogP contribution is -2.72. The predicted molar refractivity (Wildman–Crippen MR) is 133 cm³/mol. The number of hydrogen-bond acceptors (Lipinski definition) is 6. The number of carbonyl (C=O) groups is 2. The van der Waals surface area contributed by atoms with E-state index >= 15 is 0 Å². The van der Waals surface area contributed by atoms with Crippen molar-refractivity contribution >= 4 is 44.4 Å². The van der Waals surface area contributed by atoms with E-state index in [1.165, 1.54) is 15.4 Å². The van der Waals surface area contributed by atoms with Gasteiger partial charge in [-0.05, 0) is 75.1 Å². The van der Waals surface area contributed by atoms with Crippen LogP contribution in [0, 0.1) is 0 Å². The summed E-state index contributed by atoms with van der Waals surface area (Å²) in [5.74, 6) is -0.418. The number of hydrogen-bond donors (Lipinski definition) is 1. The molecular weight excluding hydrogens is 492 g/mol. The van der Waals surface area contributed by atoms with Gasteiger partial charge in [-0.1, -0.05) is 29.3 Å². The van der Waals surface area contributed by atoms with E-state index in [4.69, 9.17) is 16.3 Å². The normalized spacial score (nSPS) is 19.7. The zero-order chi connectivity index (χ0) is 25.4. The van der Waals surface area contributed by atoms with Crippen LogP contribution >= 0.6 is 11.6 Å². The monoisotopic (exact) mass is 523 g/mol. The van der Waals surface area contributed by atoms with Crippen LogP contribution in [-0.4, -0.2) is 72.6 Å². The van der Waals surface area contributed by atoms with Crippen LogP contribution in [0.2, 0.25) is 5.02 Å². The lowest BCUT2D eigenvalue weighted by atomic mass is 10.1. The van der Waals surface area contributed by atoms with Crippen molar-refractivity contribution < 1.29 is 27.3 Å². The number of rotatable bonds is 4. The van der Waals surface area contributed by atoms with Gasteiger partial charge in [-0.3, -0.25) is 4.79 Å². The number of piperazine rings is 1. The highest BCUT2D eigenvalue weighted by molar-refractivity contribution is 7.89. The topological polar surface area (TPSA) is 96.0 Å². The van der Waals surface area contributed by atoms with Crippen LogP contribution in [0.25, 0.3) is 10.8 Å². The van der Waals surface area contributed by atoms with Gasteiger partial charge in [0.1, 0.15) is 18.7 Å². The fraction of sp³-hybridized carbons (Fsp3) is 0.500. The molecule has 2 aromatic carbocycles. The average Bonchev–Trinajstić information content (AvgIpc) is 2.79. The largest absolute Gasteiger partial charge is 0.538 e. The number of benzene rings is 2. The Morgan fingerprint density at radius 1 is 1.03 bits per heavy atom. The standard InChI is InChI=1S/C24H32ClN4O5S/c1-24(2,3)34-23(31)29(13-5-4-6-14-29)26-28-12-11-27(17-22(28)30)35(32,33)21-10-8-18-15-20(25)9-7-19(18)16-21/h7-10,15-16,26H,4-6,11-14,17H2,1-3H3/q+1. The summed E-state index contributed by atoms with van der Waals surface area (Å²) in [6, 6.07) is 10.1. The third kappa shape index (κ3) is 5.62. The van der Waals surface area contributed by atoms with E-state index in [2.05, 4.69) is 5.53 Å². The van der Waals surface area contributed by atoms with E-state index in [-0.39, 0.29) is 29.1 Å². The second kappa shape index (κ2) is 9.67. The van der Waals surface area contributed by atoms with Crippen LogP contribution in [0.5, 0.6) is 0 Å². The minimum absolute atomic E-state index is 0.105. The smallest absolute Gasteiger partial charge is 0.413 e. The van der Waals surface area contributed by atoms with Crippen molar-refractivity contribution in [3.63, 3.8) is 0 Å². The lowest BCUT2D eigenvalue weighted by Gasteiger charge is -2.42. The third-order valence-electron chi connectivity index (χ3n) is 6.23. The summed E-state index contributed by atoms with van der Waals surface area (Å²) < 4.78 is 33.3. The Balaban J connectivity index is 1.50. The second-order valence-corrected chi connectivity index (χ2v) is 12.5. The molecule has 9 nitrogen and oxygen atoms in total. The highest BCUT2D eigenvalue weighted by atomic mass is 35.5. The Hall–Kier alpha value is -2.24. The Morgan fingerprint density at radius 3 is 2.34 bits per heavy atom. The molecule has 35 heavy (non-hydrogen) atoms.